The van der Waals surface area contributed by atoms with Gasteiger partial charge in [0.15, 0.2) is 0 Å². The smallest absolute Gasteiger partial charge is 0.269 e. The summed E-state index contributed by atoms with van der Waals surface area (Å²) in [6, 6.07) is 50.3. The van der Waals surface area contributed by atoms with Gasteiger partial charge in [-0.05, 0) is 132 Å². The van der Waals surface area contributed by atoms with E-state index < -0.39 is 0 Å². The van der Waals surface area contributed by atoms with Crippen LogP contribution in [0.25, 0.3) is 31.9 Å². The van der Waals surface area contributed by atoms with Crippen LogP contribution in [0.2, 0.25) is 0 Å². The zero-order valence-corrected chi connectivity index (χ0v) is 38.3. The standard InChI is InChI=1S/C56H52BN3OS/c1-33-15-22-38(23-16-33)59(39-24-17-34(2)18-25-39)46-32-43-53(49-41-13-11-12-14-44(41)58(10)52(46)49)61-47-30-35(3)29-45-50(47)57(43)54-51(42-31-37(56(7,8)9)21-28-48(42)62-54)60(45)40-26-19-36(20-27-40)55(4,5)6/h11-32H,1-10H3. The Labute approximate surface area is 370 Å². The van der Waals surface area contributed by atoms with Gasteiger partial charge < -0.3 is 19.1 Å². The van der Waals surface area contributed by atoms with Crippen LogP contribution in [0.15, 0.2) is 133 Å². The Morgan fingerprint density at radius 1 is 0.629 bits per heavy atom. The van der Waals surface area contributed by atoms with Gasteiger partial charge in [-0.15, -0.1) is 11.3 Å². The summed E-state index contributed by atoms with van der Waals surface area (Å²) in [7, 11) is 2.21. The number of ether oxygens (including phenoxy) is 1. The van der Waals surface area contributed by atoms with Crippen molar-refractivity contribution in [2.45, 2.75) is 73.1 Å². The Morgan fingerprint density at radius 2 is 1.26 bits per heavy atom. The minimum absolute atomic E-state index is 0.00586. The molecule has 0 atom stereocenters. The third-order valence-electron chi connectivity index (χ3n) is 13.3. The fourth-order valence-corrected chi connectivity index (χ4v) is 11.3. The highest BCUT2D eigenvalue weighted by Crippen LogP contribution is 2.51. The van der Waals surface area contributed by atoms with Gasteiger partial charge in [-0.3, -0.25) is 0 Å². The van der Waals surface area contributed by atoms with E-state index in [0.29, 0.717) is 0 Å². The first-order chi connectivity index (χ1) is 29.7. The zero-order valence-electron chi connectivity index (χ0n) is 37.4. The number of anilines is 6. The molecule has 2 aliphatic rings. The molecule has 306 valence electrons. The lowest BCUT2D eigenvalue weighted by atomic mass is 9.36. The molecule has 0 spiro atoms. The molecule has 9 aromatic rings. The van der Waals surface area contributed by atoms with Crippen LogP contribution < -0.4 is 30.2 Å². The van der Waals surface area contributed by atoms with Crippen LogP contribution in [0.3, 0.4) is 0 Å². The molecule has 11 rings (SSSR count). The lowest BCUT2D eigenvalue weighted by Crippen LogP contribution is -2.58. The topological polar surface area (TPSA) is 20.6 Å². The minimum atomic E-state index is -0.0695. The van der Waals surface area contributed by atoms with Crippen LogP contribution in [0.4, 0.5) is 34.1 Å². The third-order valence-corrected chi connectivity index (χ3v) is 14.5. The van der Waals surface area contributed by atoms with Crippen LogP contribution in [-0.4, -0.2) is 11.3 Å². The van der Waals surface area contributed by atoms with Gasteiger partial charge in [0.1, 0.15) is 11.5 Å². The van der Waals surface area contributed by atoms with Gasteiger partial charge in [0, 0.05) is 55.6 Å². The lowest BCUT2D eigenvalue weighted by Gasteiger charge is -2.40. The molecule has 2 aromatic heterocycles. The molecule has 4 nitrogen and oxygen atoms in total. The fourth-order valence-electron chi connectivity index (χ4n) is 10.00. The Morgan fingerprint density at radius 3 is 1.90 bits per heavy atom. The number of fused-ring (bicyclic) bond motifs is 10. The van der Waals surface area contributed by atoms with E-state index in [1.54, 1.807) is 0 Å². The molecule has 0 saturated heterocycles. The van der Waals surface area contributed by atoms with Crippen molar-refractivity contribution in [3.63, 3.8) is 0 Å². The van der Waals surface area contributed by atoms with Gasteiger partial charge in [0.25, 0.3) is 6.71 Å². The van der Waals surface area contributed by atoms with E-state index in [1.165, 1.54) is 75.9 Å². The van der Waals surface area contributed by atoms with E-state index >= 15 is 0 Å². The van der Waals surface area contributed by atoms with Gasteiger partial charge in [-0.2, -0.15) is 0 Å². The van der Waals surface area contributed by atoms with E-state index in [4.69, 9.17) is 4.74 Å². The molecular formula is C56H52BN3OS. The third kappa shape index (κ3) is 5.86. The maximum Gasteiger partial charge on any atom is 0.269 e. The van der Waals surface area contributed by atoms with Crippen LogP contribution in [-0.2, 0) is 17.9 Å². The molecule has 0 unspecified atom stereocenters. The number of aromatic nitrogens is 1. The van der Waals surface area contributed by atoms with Crippen molar-refractivity contribution in [3.8, 4) is 11.5 Å². The summed E-state index contributed by atoms with van der Waals surface area (Å²) in [6.07, 6.45) is 0. The number of rotatable bonds is 4. The highest BCUT2D eigenvalue weighted by Gasteiger charge is 2.46. The predicted octanol–water partition coefficient (Wildman–Crippen LogP) is 13.9. The Kier molecular flexibility index (Phi) is 8.50. The largest absolute Gasteiger partial charge is 0.458 e. The monoisotopic (exact) mass is 825 g/mol. The van der Waals surface area contributed by atoms with Crippen LogP contribution in [0.1, 0.15) is 69.4 Å². The van der Waals surface area contributed by atoms with E-state index in [9.17, 15) is 0 Å². The summed E-state index contributed by atoms with van der Waals surface area (Å²) in [4.78, 5) is 5.01. The summed E-state index contributed by atoms with van der Waals surface area (Å²) in [5.74, 6) is 1.88. The molecule has 7 aromatic carbocycles. The number of hydrogen-bond acceptors (Lipinski definition) is 4. The van der Waals surface area contributed by atoms with Gasteiger partial charge >= 0.3 is 0 Å². The van der Waals surface area contributed by atoms with E-state index in [-0.39, 0.29) is 17.5 Å². The first-order valence-electron chi connectivity index (χ1n) is 21.9. The first-order valence-corrected chi connectivity index (χ1v) is 22.7. The summed E-state index contributed by atoms with van der Waals surface area (Å²) >= 11 is 1.94. The maximum atomic E-state index is 7.46. The molecule has 4 heterocycles. The second-order valence-corrected chi connectivity index (χ2v) is 20.8. The number of thiophene rings is 1. The SMILES string of the molecule is Cc1ccc(N(c2ccc(C)cc2)c2cc3c(c4c5ccccc5n(C)c24)Oc2cc(C)cc4c2B3c2sc3ccc(C(C)(C)C)cc3c2N4c2ccc(C(C)(C)C)cc2)cc1. The van der Waals surface area contributed by atoms with Gasteiger partial charge in [-0.1, -0.05) is 113 Å². The Hall–Kier alpha value is -6.24. The molecule has 0 amide bonds. The average Bonchev–Trinajstić information content (AvgIpc) is 3.77. The number of benzene rings is 7. The van der Waals surface area contributed by atoms with Crippen molar-refractivity contribution in [1.29, 1.82) is 0 Å². The summed E-state index contributed by atoms with van der Waals surface area (Å²) in [5, 5.41) is 3.63. The van der Waals surface area contributed by atoms with Crippen LogP contribution in [0.5, 0.6) is 11.5 Å². The summed E-state index contributed by atoms with van der Waals surface area (Å²) in [5.41, 5.74) is 18.0. The van der Waals surface area contributed by atoms with Gasteiger partial charge in [0.05, 0.1) is 22.3 Å². The number of para-hydroxylation sites is 1. The normalized spacial score (nSPS) is 13.4. The van der Waals surface area contributed by atoms with Crippen molar-refractivity contribution in [1.82, 2.24) is 4.57 Å². The second-order valence-electron chi connectivity index (χ2n) is 19.8. The molecule has 0 bridgehead atoms. The van der Waals surface area contributed by atoms with Crippen LogP contribution >= 0.6 is 11.3 Å². The van der Waals surface area contributed by atoms with Crippen molar-refractivity contribution < 1.29 is 4.74 Å². The molecule has 0 fully saturated rings. The molecule has 0 saturated carbocycles. The Bertz CT molecular complexity index is 3220. The van der Waals surface area contributed by atoms with Crippen molar-refractivity contribution >= 4 is 99.8 Å². The van der Waals surface area contributed by atoms with Gasteiger partial charge in [-0.25, -0.2) is 0 Å². The molecule has 2 aliphatic heterocycles. The van der Waals surface area contributed by atoms with E-state index in [0.717, 1.165) is 45.2 Å². The highest BCUT2D eigenvalue weighted by atomic mass is 32.1. The minimum Gasteiger partial charge on any atom is -0.458 e. The van der Waals surface area contributed by atoms with Crippen molar-refractivity contribution in [3.05, 3.63) is 161 Å². The number of nitrogens with zero attached hydrogens (tertiary/aromatic N) is 3. The van der Waals surface area contributed by atoms with Gasteiger partial charge in [0.2, 0.25) is 0 Å². The first kappa shape index (κ1) is 38.7. The number of aryl methyl sites for hydroxylation is 4. The van der Waals surface area contributed by atoms with Crippen molar-refractivity contribution in [2.24, 2.45) is 7.05 Å². The molecule has 6 heteroatoms. The zero-order chi connectivity index (χ0) is 43.0. The molecular weight excluding hydrogens is 774 g/mol. The van der Waals surface area contributed by atoms with Crippen molar-refractivity contribution in [2.75, 3.05) is 9.80 Å². The summed E-state index contributed by atoms with van der Waals surface area (Å²) in [6.45, 7) is 20.3. The molecule has 62 heavy (non-hydrogen) atoms. The highest BCUT2D eigenvalue weighted by molar-refractivity contribution is 7.33. The van der Waals surface area contributed by atoms with E-state index in [1.807, 2.05) is 11.3 Å². The lowest BCUT2D eigenvalue weighted by molar-refractivity contribution is 0.493. The average molecular weight is 826 g/mol. The number of hydrogen-bond donors (Lipinski definition) is 0. The fraction of sp³-hybridized carbons (Fsp3) is 0.214. The maximum absolute atomic E-state index is 7.46. The predicted molar refractivity (Wildman–Crippen MR) is 268 cm³/mol. The summed E-state index contributed by atoms with van der Waals surface area (Å²) < 4.78 is 12.5. The molecule has 0 aliphatic carbocycles. The second kappa shape index (κ2) is 13.6. The quantitative estimate of drug-likeness (QED) is 0.165. The van der Waals surface area contributed by atoms with Crippen LogP contribution in [0, 0.1) is 20.8 Å². The molecule has 0 radical (unpaired) electrons. The molecule has 0 N–H and O–H groups in total. The Balaban J connectivity index is 1.27. The van der Waals surface area contributed by atoms with E-state index in [2.05, 4.69) is 217 Å².